The lowest BCUT2D eigenvalue weighted by atomic mass is 9.74. The summed E-state index contributed by atoms with van der Waals surface area (Å²) in [4.78, 5) is 0. The maximum Gasteiger partial charge on any atom is 0.0544 e. The number of nitrogens with zero attached hydrogens (tertiary/aromatic N) is 1. The maximum atomic E-state index is 2.51. The molecular formula is C43H35N. The predicted octanol–water partition coefficient (Wildman–Crippen LogP) is 11.1. The van der Waals surface area contributed by atoms with Crippen LogP contribution in [0.3, 0.4) is 0 Å². The first kappa shape index (κ1) is 25.6. The Hall–Kier alpha value is -4.88. The third-order valence-corrected chi connectivity index (χ3v) is 10.6. The molecule has 2 aliphatic rings. The zero-order valence-corrected chi connectivity index (χ0v) is 25.8. The molecule has 9 rings (SSSR count). The lowest BCUT2D eigenvalue weighted by Gasteiger charge is -2.30. The second-order valence-corrected chi connectivity index (χ2v) is 13.5. The van der Waals surface area contributed by atoms with E-state index in [4.69, 9.17) is 0 Å². The Morgan fingerprint density at radius 1 is 0.568 bits per heavy atom. The van der Waals surface area contributed by atoms with Gasteiger partial charge < -0.3 is 4.57 Å². The van der Waals surface area contributed by atoms with Crippen LogP contribution >= 0.6 is 0 Å². The molecule has 0 bridgehead atoms. The van der Waals surface area contributed by atoms with Gasteiger partial charge in [0.05, 0.1) is 11.0 Å². The summed E-state index contributed by atoms with van der Waals surface area (Å²) in [7, 11) is 0. The summed E-state index contributed by atoms with van der Waals surface area (Å²) < 4.78 is 2.51. The summed E-state index contributed by atoms with van der Waals surface area (Å²) in [5, 5.41) is 2.62. The quantitative estimate of drug-likeness (QED) is 0.196. The smallest absolute Gasteiger partial charge is 0.0544 e. The molecule has 0 amide bonds. The molecule has 0 N–H and O–H groups in total. The van der Waals surface area contributed by atoms with Crippen LogP contribution in [0.5, 0.6) is 0 Å². The molecule has 1 heterocycles. The van der Waals surface area contributed by atoms with Crippen molar-refractivity contribution >= 4 is 21.8 Å². The van der Waals surface area contributed by atoms with Gasteiger partial charge in [0.1, 0.15) is 0 Å². The number of hydrogen-bond acceptors (Lipinski definition) is 0. The van der Waals surface area contributed by atoms with E-state index in [1.54, 1.807) is 0 Å². The van der Waals surface area contributed by atoms with E-state index in [0.717, 1.165) is 6.42 Å². The van der Waals surface area contributed by atoms with E-state index in [1.165, 1.54) is 88.7 Å². The minimum absolute atomic E-state index is 0.0463. The minimum atomic E-state index is -0.0463. The number of aryl methyl sites for hydroxylation is 2. The van der Waals surface area contributed by atoms with Crippen molar-refractivity contribution in [1.29, 1.82) is 0 Å². The van der Waals surface area contributed by atoms with Crippen LogP contribution in [-0.4, -0.2) is 4.57 Å². The van der Waals surface area contributed by atoms with Gasteiger partial charge in [0.25, 0.3) is 0 Å². The molecule has 7 aromatic rings. The number of rotatable bonds is 2. The molecule has 1 heteroatoms. The monoisotopic (exact) mass is 565 g/mol. The molecule has 1 unspecified atom stereocenters. The molecule has 212 valence electrons. The van der Waals surface area contributed by atoms with Crippen molar-refractivity contribution in [2.24, 2.45) is 0 Å². The van der Waals surface area contributed by atoms with Crippen molar-refractivity contribution in [1.82, 2.24) is 4.57 Å². The van der Waals surface area contributed by atoms with Crippen LogP contribution in [0.2, 0.25) is 0 Å². The molecule has 0 fully saturated rings. The van der Waals surface area contributed by atoms with Gasteiger partial charge in [-0.05, 0) is 106 Å². The summed E-state index contributed by atoms with van der Waals surface area (Å²) in [6.07, 6.45) is 1.03. The highest BCUT2D eigenvalue weighted by Crippen LogP contribution is 2.51. The Kier molecular flexibility index (Phi) is 5.27. The van der Waals surface area contributed by atoms with Crippen molar-refractivity contribution in [2.75, 3.05) is 0 Å². The van der Waals surface area contributed by atoms with Crippen molar-refractivity contribution in [3.63, 3.8) is 0 Å². The van der Waals surface area contributed by atoms with E-state index in [-0.39, 0.29) is 5.41 Å². The van der Waals surface area contributed by atoms with Gasteiger partial charge >= 0.3 is 0 Å². The van der Waals surface area contributed by atoms with Crippen LogP contribution in [0.25, 0.3) is 49.7 Å². The standard InChI is InChI=1S/C43H35N/c1-26-17-19-30(27(2)21-26)35-22-28-11-5-6-12-31(28)36-23-29(18-20-32(35)36)44-41-16-10-8-14-34(41)38-24-37-33-13-7-9-15-39(33)43(3,4)40(37)25-42(38)44/h5-21,23-25,35H,22H2,1-4H3. The molecule has 0 spiro atoms. The van der Waals surface area contributed by atoms with Crippen LogP contribution in [0, 0.1) is 13.8 Å². The molecular weight excluding hydrogens is 530 g/mol. The van der Waals surface area contributed by atoms with Gasteiger partial charge in [0.2, 0.25) is 0 Å². The van der Waals surface area contributed by atoms with E-state index in [0.29, 0.717) is 5.92 Å². The number of benzene rings is 6. The fraction of sp³-hybridized carbons (Fsp3) is 0.163. The van der Waals surface area contributed by atoms with Crippen molar-refractivity contribution in [3.8, 4) is 27.9 Å². The van der Waals surface area contributed by atoms with E-state index in [1.807, 2.05) is 0 Å². The van der Waals surface area contributed by atoms with Gasteiger partial charge in [0.15, 0.2) is 0 Å². The van der Waals surface area contributed by atoms with Crippen molar-refractivity contribution in [2.45, 2.75) is 45.4 Å². The van der Waals surface area contributed by atoms with Gasteiger partial charge in [0, 0.05) is 27.8 Å². The number of fused-ring (bicyclic) bond motifs is 9. The summed E-state index contributed by atoms with van der Waals surface area (Å²) >= 11 is 0. The molecule has 44 heavy (non-hydrogen) atoms. The molecule has 6 aromatic carbocycles. The van der Waals surface area contributed by atoms with E-state index in [9.17, 15) is 0 Å². The third-order valence-electron chi connectivity index (χ3n) is 10.6. The normalized spacial score (nSPS) is 16.0. The number of aromatic nitrogens is 1. The second kappa shape index (κ2) is 9.07. The molecule has 0 aliphatic heterocycles. The number of hydrogen-bond donors (Lipinski definition) is 0. The lowest BCUT2D eigenvalue weighted by Crippen LogP contribution is -2.15. The minimum Gasteiger partial charge on any atom is -0.309 e. The first-order chi connectivity index (χ1) is 21.4. The first-order valence-electron chi connectivity index (χ1n) is 15.9. The Bertz CT molecular complexity index is 2310. The van der Waals surface area contributed by atoms with Gasteiger partial charge in [-0.3, -0.25) is 0 Å². The van der Waals surface area contributed by atoms with Gasteiger partial charge in [-0.25, -0.2) is 0 Å². The molecule has 0 saturated heterocycles. The summed E-state index contributed by atoms with van der Waals surface area (Å²) in [6, 6.07) is 46.0. The number of para-hydroxylation sites is 1. The molecule has 1 atom stereocenters. The van der Waals surface area contributed by atoms with Crippen LogP contribution in [0.15, 0.2) is 121 Å². The molecule has 0 radical (unpaired) electrons. The van der Waals surface area contributed by atoms with Crippen LogP contribution in [0.4, 0.5) is 0 Å². The molecule has 2 aliphatic carbocycles. The average molecular weight is 566 g/mol. The Morgan fingerprint density at radius 3 is 2.18 bits per heavy atom. The van der Waals surface area contributed by atoms with Crippen LogP contribution in [0.1, 0.15) is 58.7 Å². The topological polar surface area (TPSA) is 4.93 Å². The maximum absolute atomic E-state index is 2.51. The first-order valence-corrected chi connectivity index (χ1v) is 15.9. The zero-order chi connectivity index (χ0) is 29.7. The Balaban J connectivity index is 1.31. The highest BCUT2D eigenvalue weighted by atomic mass is 15.0. The SMILES string of the molecule is Cc1ccc(C2Cc3ccccc3-c3cc(-n4c5ccccc5c5cc6c(cc54)C(C)(C)c4ccccc4-6)ccc32)c(C)c1. The van der Waals surface area contributed by atoms with Gasteiger partial charge in [-0.2, -0.15) is 0 Å². The van der Waals surface area contributed by atoms with E-state index >= 15 is 0 Å². The Morgan fingerprint density at radius 2 is 1.32 bits per heavy atom. The van der Waals surface area contributed by atoms with E-state index in [2.05, 4.69) is 154 Å². The largest absolute Gasteiger partial charge is 0.309 e. The van der Waals surface area contributed by atoms with Crippen molar-refractivity contribution < 1.29 is 0 Å². The van der Waals surface area contributed by atoms with Gasteiger partial charge in [-0.1, -0.05) is 110 Å². The summed E-state index contributed by atoms with van der Waals surface area (Å²) in [5.74, 6) is 0.343. The summed E-state index contributed by atoms with van der Waals surface area (Å²) in [6.45, 7) is 9.21. The van der Waals surface area contributed by atoms with Crippen LogP contribution < -0.4 is 0 Å². The van der Waals surface area contributed by atoms with Crippen LogP contribution in [-0.2, 0) is 11.8 Å². The van der Waals surface area contributed by atoms with Gasteiger partial charge in [-0.15, -0.1) is 0 Å². The highest BCUT2D eigenvalue weighted by Gasteiger charge is 2.36. The van der Waals surface area contributed by atoms with Crippen molar-refractivity contribution in [3.05, 3.63) is 160 Å². The molecule has 0 saturated carbocycles. The fourth-order valence-corrected chi connectivity index (χ4v) is 8.45. The fourth-order valence-electron chi connectivity index (χ4n) is 8.45. The average Bonchev–Trinajstić information content (AvgIpc) is 3.48. The lowest BCUT2D eigenvalue weighted by molar-refractivity contribution is 0.661. The zero-order valence-electron chi connectivity index (χ0n) is 25.8. The molecule has 1 nitrogen and oxygen atoms in total. The summed E-state index contributed by atoms with van der Waals surface area (Å²) in [5.41, 5.74) is 19.0. The second-order valence-electron chi connectivity index (χ2n) is 13.5. The predicted molar refractivity (Wildman–Crippen MR) is 185 cm³/mol. The third kappa shape index (κ3) is 3.47. The van der Waals surface area contributed by atoms with E-state index < -0.39 is 0 Å². The molecule has 1 aromatic heterocycles. The highest BCUT2D eigenvalue weighted by molar-refractivity contribution is 6.11. The Labute approximate surface area is 259 Å².